The first kappa shape index (κ1) is 19.1. The molecule has 1 saturated heterocycles. The zero-order valence-electron chi connectivity index (χ0n) is 16.1. The lowest BCUT2D eigenvalue weighted by Crippen LogP contribution is -2.38. The summed E-state index contributed by atoms with van der Waals surface area (Å²) in [4.78, 5) is 33.8. The van der Waals surface area contributed by atoms with E-state index in [-0.39, 0.29) is 17.9 Å². The maximum absolute atomic E-state index is 13.1. The Bertz CT molecular complexity index is 783. The number of piperidine rings is 1. The smallest absolute Gasteiger partial charge is 0.273 e. The molecule has 0 atom stereocenters. The van der Waals surface area contributed by atoms with Crippen molar-refractivity contribution in [1.29, 1.82) is 0 Å². The molecule has 0 bridgehead atoms. The first-order valence-electron chi connectivity index (χ1n) is 9.67. The van der Waals surface area contributed by atoms with E-state index in [0.29, 0.717) is 17.9 Å². The molecule has 2 aromatic rings. The van der Waals surface area contributed by atoms with Crippen molar-refractivity contribution in [1.82, 2.24) is 14.8 Å². The minimum atomic E-state index is -0.151. The fourth-order valence-corrected chi connectivity index (χ4v) is 3.35. The highest BCUT2D eigenvalue weighted by Crippen LogP contribution is 2.15. The van der Waals surface area contributed by atoms with Crippen molar-refractivity contribution >= 4 is 11.8 Å². The average molecular weight is 365 g/mol. The van der Waals surface area contributed by atoms with Gasteiger partial charge < -0.3 is 9.80 Å². The van der Waals surface area contributed by atoms with E-state index in [9.17, 15) is 9.59 Å². The zero-order valence-corrected chi connectivity index (χ0v) is 16.1. The number of pyridine rings is 1. The molecule has 0 radical (unpaired) electrons. The highest BCUT2D eigenvalue weighted by Gasteiger charge is 2.23. The van der Waals surface area contributed by atoms with Crippen molar-refractivity contribution in [2.75, 3.05) is 13.1 Å². The molecule has 27 heavy (non-hydrogen) atoms. The summed E-state index contributed by atoms with van der Waals surface area (Å²) in [7, 11) is 0. The number of carbonyl (C=O) groups is 2. The van der Waals surface area contributed by atoms with E-state index in [0.717, 1.165) is 31.5 Å². The van der Waals surface area contributed by atoms with Crippen LogP contribution in [0.5, 0.6) is 0 Å². The molecule has 1 aromatic heterocycles. The van der Waals surface area contributed by atoms with Crippen molar-refractivity contribution in [2.24, 2.45) is 0 Å². The van der Waals surface area contributed by atoms with Gasteiger partial charge in [-0.25, -0.2) is 4.98 Å². The van der Waals surface area contributed by atoms with Gasteiger partial charge >= 0.3 is 0 Å². The van der Waals surface area contributed by atoms with Gasteiger partial charge in [-0.15, -0.1) is 0 Å². The van der Waals surface area contributed by atoms with Crippen LogP contribution < -0.4 is 0 Å². The lowest BCUT2D eigenvalue weighted by atomic mass is 10.1. The summed E-state index contributed by atoms with van der Waals surface area (Å²) < 4.78 is 0. The maximum Gasteiger partial charge on any atom is 0.273 e. The van der Waals surface area contributed by atoms with Crippen LogP contribution in [0.2, 0.25) is 0 Å². The largest absolute Gasteiger partial charge is 0.337 e. The Labute approximate surface area is 161 Å². The lowest BCUT2D eigenvalue weighted by Gasteiger charge is -2.28. The van der Waals surface area contributed by atoms with E-state index in [1.54, 1.807) is 23.1 Å². The van der Waals surface area contributed by atoms with Crippen molar-refractivity contribution in [3.63, 3.8) is 0 Å². The lowest BCUT2D eigenvalue weighted by molar-refractivity contribution is 0.0682. The number of amides is 2. The molecule has 0 aliphatic carbocycles. The van der Waals surface area contributed by atoms with E-state index in [4.69, 9.17) is 0 Å². The summed E-state index contributed by atoms with van der Waals surface area (Å²) >= 11 is 0. The minimum Gasteiger partial charge on any atom is -0.337 e. The fraction of sp³-hybridized carbons (Fsp3) is 0.409. The normalized spacial score (nSPS) is 14.3. The molecule has 2 heterocycles. The minimum absolute atomic E-state index is 0.0287. The predicted octanol–water partition coefficient (Wildman–Crippen LogP) is 3.76. The van der Waals surface area contributed by atoms with Crippen LogP contribution in [0.1, 0.15) is 59.7 Å². The van der Waals surface area contributed by atoms with Crippen LogP contribution in [0.4, 0.5) is 0 Å². The predicted molar refractivity (Wildman–Crippen MR) is 105 cm³/mol. The van der Waals surface area contributed by atoms with Crippen LogP contribution in [-0.2, 0) is 6.54 Å². The Morgan fingerprint density at radius 1 is 0.963 bits per heavy atom. The van der Waals surface area contributed by atoms with Gasteiger partial charge in [-0.3, -0.25) is 9.59 Å². The van der Waals surface area contributed by atoms with Gasteiger partial charge in [0.25, 0.3) is 11.8 Å². The second-order valence-corrected chi connectivity index (χ2v) is 7.27. The van der Waals surface area contributed by atoms with Gasteiger partial charge in [-0.05, 0) is 50.8 Å². The number of benzene rings is 1. The van der Waals surface area contributed by atoms with Crippen molar-refractivity contribution in [3.05, 3.63) is 65.5 Å². The van der Waals surface area contributed by atoms with Crippen molar-refractivity contribution in [2.45, 2.75) is 45.7 Å². The number of rotatable bonds is 5. The summed E-state index contributed by atoms with van der Waals surface area (Å²) in [5, 5.41) is 0. The monoisotopic (exact) mass is 365 g/mol. The maximum atomic E-state index is 13.1. The summed E-state index contributed by atoms with van der Waals surface area (Å²) in [6, 6.07) is 15.1. The third-order valence-corrected chi connectivity index (χ3v) is 4.91. The zero-order chi connectivity index (χ0) is 19.2. The van der Waals surface area contributed by atoms with Gasteiger partial charge in [-0.1, -0.05) is 36.4 Å². The van der Waals surface area contributed by atoms with Gasteiger partial charge in [0.2, 0.25) is 0 Å². The van der Waals surface area contributed by atoms with Crippen LogP contribution in [0.25, 0.3) is 0 Å². The number of aromatic nitrogens is 1. The highest BCUT2D eigenvalue weighted by molar-refractivity contribution is 5.96. The van der Waals surface area contributed by atoms with E-state index in [2.05, 4.69) is 4.98 Å². The Kier molecular flexibility index (Phi) is 6.22. The molecule has 1 aromatic carbocycles. The first-order chi connectivity index (χ1) is 13.1. The second kappa shape index (κ2) is 8.80. The molecule has 3 rings (SSSR count). The number of hydrogen-bond donors (Lipinski definition) is 0. The molecule has 1 fully saturated rings. The van der Waals surface area contributed by atoms with Crippen LogP contribution in [-0.4, -0.2) is 45.7 Å². The molecule has 142 valence electrons. The van der Waals surface area contributed by atoms with Crippen LogP contribution in [0.3, 0.4) is 0 Å². The average Bonchev–Trinajstić information content (AvgIpc) is 2.72. The topological polar surface area (TPSA) is 53.5 Å². The van der Waals surface area contributed by atoms with Crippen LogP contribution >= 0.6 is 0 Å². The van der Waals surface area contributed by atoms with Crippen molar-refractivity contribution in [3.8, 4) is 0 Å². The SMILES string of the molecule is CC(C)N(Cc1ccccc1)C(=O)c1cccc(C(=O)N2CCCCC2)n1. The Morgan fingerprint density at radius 2 is 1.63 bits per heavy atom. The van der Waals surface area contributed by atoms with Gasteiger partial charge in [0.05, 0.1) is 0 Å². The number of carbonyl (C=O) groups excluding carboxylic acids is 2. The standard InChI is InChI=1S/C22H27N3O2/c1-17(2)25(16-18-10-5-3-6-11-18)22(27)20-13-9-12-19(23-20)21(26)24-14-7-4-8-15-24/h3,5-6,9-13,17H,4,7-8,14-16H2,1-2H3. The Balaban J connectivity index is 1.79. The van der Waals surface area contributed by atoms with E-state index < -0.39 is 0 Å². The van der Waals surface area contributed by atoms with Gasteiger partial charge in [-0.2, -0.15) is 0 Å². The van der Waals surface area contributed by atoms with E-state index >= 15 is 0 Å². The number of nitrogens with zero attached hydrogens (tertiary/aromatic N) is 3. The molecule has 1 aliphatic heterocycles. The molecule has 0 spiro atoms. The molecular weight excluding hydrogens is 338 g/mol. The fourth-order valence-electron chi connectivity index (χ4n) is 3.35. The highest BCUT2D eigenvalue weighted by atomic mass is 16.2. The second-order valence-electron chi connectivity index (χ2n) is 7.27. The van der Waals surface area contributed by atoms with Crippen molar-refractivity contribution < 1.29 is 9.59 Å². The molecule has 5 heteroatoms. The first-order valence-corrected chi connectivity index (χ1v) is 9.67. The Morgan fingerprint density at radius 3 is 2.30 bits per heavy atom. The molecule has 0 unspecified atom stereocenters. The van der Waals surface area contributed by atoms with E-state index in [1.807, 2.05) is 49.1 Å². The number of hydrogen-bond acceptors (Lipinski definition) is 3. The van der Waals surface area contributed by atoms with Gasteiger partial charge in [0.1, 0.15) is 11.4 Å². The molecular formula is C22H27N3O2. The third-order valence-electron chi connectivity index (χ3n) is 4.91. The summed E-state index contributed by atoms with van der Waals surface area (Å²) in [5.74, 6) is -0.231. The summed E-state index contributed by atoms with van der Waals surface area (Å²) in [6.07, 6.45) is 3.23. The van der Waals surface area contributed by atoms with Crippen LogP contribution in [0.15, 0.2) is 48.5 Å². The Hall–Kier alpha value is -2.69. The molecule has 5 nitrogen and oxygen atoms in total. The quantitative estimate of drug-likeness (QED) is 0.811. The van der Waals surface area contributed by atoms with Crippen LogP contribution in [0, 0.1) is 0 Å². The molecule has 0 N–H and O–H groups in total. The summed E-state index contributed by atoms with van der Waals surface area (Å²) in [6.45, 7) is 6.03. The third kappa shape index (κ3) is 4.73. The van der Waals surface area contributed by atoms with Gasteiger partial charge in [0, 0.05) is 25.7 Å². The number of likely N-dealkylation sites (tertiary alicyclic amines) is 1. The molecule has 2 amide bonds. The van der Waals surface area contributed by atoms with E-state index in [1.165, 1.54) is 6.42 Å². The molecule has 0 saturated carbocycles. The van der Waals surface area contributed by atoms with Gasteiger partial charge in [0.15, 0.2) is 0 Å². The summed E-state index contributed by atoms with van der Waals surface area (Å²) in [5.41, 5.74) is 1.74. The molecule has 1 aliphatic rings.